The average Bonchev–Trinajstić information content (AvgIpc) is 2.30. The van der Waals surface area contributed by atoms with E-state index in [4.69, 9.17) is 5.11 Å². The average molecular weight is 328 g/mol. The SMILES string of the molecule is Cc1ccc(CC(=O)N(CC(=O)O)C(C)C)cc1Br. The number of halogens is 1. The van der Waals surface area contributed by atoms with Crippen LogP contribution < -0.4 is 0 Å². The maximum atomic E-state index is 12.1. The number of aryl methyl sites for hydroxylation is 1. The van der Waals surface area contributed by atoms with Gasteiger partial charge in [0.2, 0.25) is 5.91 Å². The maximum Gasteiger partial charge on any atom is 0.323 e. The monoisotopic (exact) mass is 327 g/mol. The molecule has 0 bridgehead atoms. The number of aliphatic carboxylic acids is 1. The molecule has 0 saturated heterocycles. The van der Waals surface area contributed by atoms with Crippen LogP contribution in [-0.2, 0) is 16.0 Å². The van der Waals surface area contributed by atoms with Gasteiger partial charge in [-0.2, -0.15) is 0 Å². The molecule has 0 unspecified atom stereocenters. The van der Waals surface area contributed by atoms with Crippen molar-refractivity contribution in [3.05, 3.63) is 33.8 Å². The molecule has 0 aliphatic rings. The molecule has 1 amide bonds. The van der Waals surface area contributed by atoms with E-state index >= 15 is 0 Å². The van der Waals surface area contributed by atoms with Gasteiger partial charge in [-0.25, -0.2) is 0 Å². The largest absolute Gasteiger partial charge is 0.480 e. The Balaban J connectivity index is 2.81. The van der Waals surface area contributed by atoms with Gasteiger partial charge in [0.1, 0.15) is 6.54 Å². The summed E-state index contributed by atoms with van der Waals surface area (Å²) in [5.41, 5.74) is 1.97. The van der Waals surface area contributed by atoms with Gasteiger partial charge < -0.3 is 10.0 Å². The predicted molar refractivity (Wildman–Crippen MR) is 77.1 cm³/mol. The predicted octanol–water partition coefficient (Wildman–Crippen LogP) is 2.62. The molecule has 1 aromatic rings. The summed E-state index contributed by atoms with van der Waals surface area (Å²) in [6.45, 7) is 5.34. The normalized spacial score (nSPS) is 10.6. The number of rotatable bonds is 5. The summed E-state index contributed by atoms with van der Waals surface area (Å²) >= 11 is 3.42. The highest BCUT2D eigenvalue weighted by Gasteiger charge is 2.20. The van der Waals surface area contributed by atoms with E-state index < -0.39 is 5.97 Å². The number of hydrogen-bond acceptors (Lipinski definition) is 2. The lowest BCUT2D eigenvalue weighted by molar-refractivity contribution is -0.145. The minimum Gasteiger partial charge on any atom is -0.480 e. The van der Waals surface area contributed by atoms with E-state index in [2.05, 4.69) is 15.9 Å². The minimum absolute atomic E-state index is 0.127. The van der Waals surface area contributed by atoms with Crippen molar-refractivity contribution in [2.45, 2.75) is 33.2 Å². The topological polar surface area (TPSA) is 57.6 Å². The second-order valence-electron chi connectivity index (χ2n) is 4.77. The lowest BCUT2D eigenvalue weighted by atomic mass is 10.1. The summed E-state index contributed by atoms with van der Waals surface area (Å²) in [5.74, 6) is -1.17. The van der Waals surface area contributed by atoms with Gasteiger partial charge in [-0.1, -0.05) is 28.1 Å². The van der Waals surface area contributed by atoms with Gasteiger partial charge in [0.15, 0.2) is 0 Å². The summed E-state index contributed by atoms with van der Waals surface area (Å²) in [4.78, 5) is 24.3. The Morgan fingerprint density at radius 3 is 2.47 bits per heavy atom. The molecular weight excluding hydrogens is 310 g/mol. The first kappa shape index (κ1) is 15.7. The van der Waals surface area contributed by atoms with Crippen LogP contribution in [0.4, 0.5) is 0 Å². The van der Waals surface area contributed by atoms with E-state index in [1.807, 2.05) is 39.0 Å². The Morgan fingerprint density at radius 2 is 2.00 bits per heavy atom. The Morgan fingerprint density at radius 1 is 1.37 bits per heavy atom. The van der Waals surface area contributed by atoms with E-state index in [0.29, 0.717) is 0 Å². The minimum atomic E-state index is -0.993. The molecular formula is C14H18BrNO3. The number of amides is 1. The van der Waals surface area contributed by atoms with Gasteiger partial charge >= 0.3 is 5.97 Å². The number of carboxylic acids is 1. The Labute approximate surface area is 121 Å². The van der Waals surface area contributed by atoms with Gasteiger partial charge in [0.05, 0.1) is 6.42 Å². The van der Waals surface area contributed by atoms with Gasteiger partial charge in [-0.05, 0) is 38.0 Å². The van der Waals surface area contributed by atoms with Crippen molar-refractivity contribution >= 4 is 27.8 Å². The molecule has 4 nitrogen and oxygen atoms in total. The van der Waals surface area contributed by atoms with E-state index in [-0.39, 0.29) is 24.9 Å². The zero-order chi connectivity index (χ0) is 14.6. The summed E-state index contributed by atoms with van der Waals surface area (Å²) in [6, 6.07) is 5.59. The molecule has 5 heteroatoms. The quantitative estimate of drug-likeness (QED) is 0.904. The van der Waals surface area contributed by atoms with E-state index in [1.165, 1.54) is 4.90 Å². The lowest BCUT2D eigenvalue weighted by Gasteiger charge is -2.25. The van der Waals surface area contributed by atoms with Crippen LogP contribution in [0.3, 0.4) is 0 Å². The molecule has 19 heavy (non-hydrogen) atoms. The van der Waals surface area contributed by atoms with E-state index in [1.54, 1.807) is 0 Å². The number of nitrogens with zero attached hydrogens (tertiary/aromatic N) is 1. The van der Waals surface area contributed by atoms with Gasteiger partial charge in [-0.3, -0.25) is 9.59 Å². The molecule has 0 aliphatic carbocycles. The van der Waals surface area contributed by atoms with Crippen LogP contribution in [0.1, 0.15) is 25.0 Å². The number of hydrogen-bond donors (Lipinski definition) is 1. The summed E-state index contributed by atoms with van der Waals surface area (Å²) in [7, 11) is 0. The molecule has 0 spiro atoms. The van der Waals surface area contributed by atoms with Crippen LogP contribution in [0.25, 0.3) is 0 Å². The van der Waals surface area contributed by atoms with Crippen LogP contribution in [0.5, 0.6) is 0 Å². The van der Waals surface area contributed by atoms with Crippen molar-refractivity contribution in [1.82, 2.24) is 4.90 Å². The summed E-state index contributed by atoms with van der Waals surface area (Å²) in [6.07, 6.45) is 0.213. The van der Waals surface area contributed by atoms with Crippen molar-refractivity contribution in [3.63, 3.8) is 0 Å². The van der Waals surface area contributed by atoms with Crippen molar-refractivity contribution in [2.75, 3.05) is 6.54 Å². The first-order valence-electron chi connectivity index (χ1n) is 6.07. The number of carboxylic acid groups (broad SMARTS) is 1. The fourth-order valence-corrected chi connectivity index (χ4v) is 2.15. The fraction of sp³-hybridized carbons (Fsp3) is 0.429. The van der Waals surface area contributed by atoms with Crippen molar-refractivity contribution in [1.29, 1.82) is 0 Å². The van der Waals surface area contributed by atoms with Gasteiger partial charge in [0, 0.05) is 10.5 Å². The maximum absolute atomic E-state index is 12.1. The molecule has 0 atom stereocenters. The first-order chi connectivity index (χ1) is 8.81. The summed E-state index contributed by atoms with van der Waals surface area (Å²) < 4.78 is 0.951. The second kappa shape index (κ2) is 6.70. The fourth-order valence-electron chi connectivity index (χ4n) is 1.73. The molecule has 1 aromatic carbocycles. The number of benzene rings is 1. The van der Waals surface area contributed by atoms with E-state index in [9.17, 15) is 9.59 Å². The Bertz CT molecular complexity index is 486. The zero-order valence-corrected chi connectivity index (χ0v) is 12.9. The second-order valence-corrected chi connectivity index (χ2v) is 5.62. The molecule has 0 saturated carbocycles. The third-order valence-electron chi connectivity index (χ3n) is 2.84. The van der Waals surface area contributed by atoms with Crippen LogP contribution in [0.2, 0.25) is 0 Å². The van der Waals surface area contributed by atoms with Crippen molar-refractivity contribution in [3.8, 4) is 0 Å². The summed E-state index contributed by atoms with van der Waals surface area (Å²) in [5, 5.41) is 8.83. The van der Waals surface area contributed by atoms with Crippen molar-refractivity contribution < 1.29 is 14.7 Å². The molecule has 0 radical (unpaired) electrons. The van der Waals surface area contributed by atoms with Crippen LogP contribution in [0, 0.1) is 6.92 Å². The molecule has 1 N–H and O–H groups in total. The van der Waals surface area contributed by atoms with Crippen LogP contribution >= 0.6 is 15.9 Å². The first-order valence-corrected chi connectivity index (χ1v) is 6.87. The Kier molecular flexibility index (Phi) is 5.54. The zero-order valence-electron chi connectivity index (χ0n) is 11.3. The highest BCUT2D eigenvalue weighted by Crippen LogP contribution is 2.18. The third-order valence-corrected chi connectivity index (χ3v) is 3.70. The Hall–Kier alpha value is -1.36. The molecule has 0 aromatic heterocycles. The van der Waals surface area contributed by atoms with Crippen LogP contribution in [0.15, 0.2) is 22.7 Å². The van der Waals surface area contributed by atoms with Gasteiger partial charge in [0.25, 0.3) is 0 Å². The molecule has 0 fully saturated rings. The smallest absolute Gasteiger partial charge is 0.323 e. The van der Waals surface area contributed by atoms with Gasteiger partial charge in [-0.15, -0.1) is 0 Å². The molecule has 104 valence electrons. The highest BCUT2D eigenvalue weighted by molar-refractivity contribution is 9.10. The molecule has 0 aliphatic heterocycles. The molecule has 1 rings (SSSR count). The molecule has 0 heterocycles. The number of carbonyl (C=O) groups is 2. The lowest BCUT2D eigenvalue weighted by Crippen LogP contribution is -2.41. The van der Waals surface area contributed by atoms with Crippen LogP contribution in [-0.4, -0.2) is 34.5 Å². The van der Waals surface area contributed by atoms with Crippen molar-refractivity contribution in [2.24, 2.45) is 0 Å². The van der Waals surface area contributed by atoms with E-state index in [0.717, 1.165) is 15.6 Å². The third kappa shape index (κ3) is 4.67. The highest BCUT2D eigenvalue weighted by atomic mass is 79.9. The number of carbonyl (C=O) groups excluding carboxylic acids is 1. The standard InChI is InChI=1S/C14H18BrNO3/c1-9(2)16(8-14(18)19)13(17)7-11-5-4-10(3)12(15)6-11/h4-6,9H,7-8H2,1-3H3,(H,18,19).